The number of hydrogen-bond acceptors (Lipinski definition) is 0. The van der Waals surface area contributed by atoms with Gasteiger partial charge in [0, 0.05) is 0 Å². The van der Waals surface area contributed by atoms with Crippen LogP contribution in [-0.2, 0) is 0 Å². The molecule has 0 heterocycles. The molecule has 1 aliphatic rings. The maximum absolute atomic E-state index is 2.26. The highest BCUT2D eigenvalue weighted by molar-refractivity contribution is 5.57. The van der Waals surface area contributed by atoms with Crippen molar-refractivity contribution in [3.05, 3.63) is 65.3 Å². The fraction of sp³-hybridized carbons (Fsp3) is 0.143. The molecule has 0 bridgehead atoms. The van der Waals surface area contributed by atoms with Crippen molar-refractivity contribution in [3.63, 3.8) is 0 Å². The summed E-state index contributed by atoms with van der Waals surface area (Å²) < 4.78 is 0. The molecule has 0 aromatic heterocycles. The van der Waals surface area contributed by atoms with E-state index in [1.165, 1.54) is 16.7 Å². The van der Waals surface area contributed by atoms with Crippen molar-refractivity contribution in [1.29, 1.82) is 0 Å². The average molecular weight is 182 g/mol. The quantitative estimate of drug-likeness (QED) is 0.616. The Morgan fingerprint density at radius 2 is 1.86 bits per heavy atom. The van der Waals surface area contributed by atoms with E-state index in [-0.39, 0.29) is 0 Å². The van der Waals surface area contributed by atoms with Crippen molar-refractivity contribution in [2.24, 2.45) is 0 Å². The van der Waals surface area contributed by atoms with Crippen molar-refractivity contribution >= 4 is 6.08 Å². The summed E-state index contributed by atoms with van der Waals surface area (Å²) in [5.41, 5.74) is 4.01. The van der Waals surface area contributed by atoms with Gasteiger partial charge >= 0.3 is 0 Å². The van der Waals surface area contributed by atoms with Gasteiger partial charge in [-0.05, 0) is 24.5 Å². The summed E-state index contributed by atoms with van der Waals surface area (Å²) in [6.45, 7) is 2.13. The Labute approximate surface area is 85.3 Å². The van der Waals surface area contributed by atoms with Crippen LogP contribution in [0.25, 0.3) is 6.08 Å². The molecular weight excluding hydrogens is 168 g/mol. The SMILES string of the molecule is CC1=CC/C(=C\c2ccccc2)C=C1. The summed E-state index contributed by atoms with van der Waals surface area (Å²) in [6, 6.07) is 10.4. The van der Waals surface area contributed by atoms with Crippen LogP contribution in [0.1, 0.15) is 18.9 Å². The van der Waals surface area contributed by atoms with Crippen LogP contribution in [0, 0.1) is 0 Å². The van der Waals surface area contributed by atoms with Crippen LogP contribution in [0.4, 0.5) is 0 Å². The van der Waals surface area contributed by atoms with E-state index in [2.05, 4.69) is 55.5 Å². The molecule has 0 fully saturated rings. The second-order valence-electron chi connectivity index (χ2n) is 3.62. The lowest BCUT2D eigenvalue weighted by Crippen LogP contribution is -1.84. The van der Waals surface area contributed by atoms with Crippen molar-refractivity contribution in [2.45, 2.75) is 13.3 Å². The Morgan fingerprint density at radius 1 is 1.07 bits per heavy atom. The predicted octanol–water partition coefficient (Wildman–Crippen LogP) is 3.98. The van der Waals surface area contributed by atoms with Gasteiger partial charge in [-0.2, -0.15) is 0 Å². The zero-order chi connectivity index (χ0) is 9.80. The molecule has 0 saturated heterocycles. The lowest BCUT2D eigenvalue weighted by Gasteiger charge is -2.05. The van der Waals surface area contributed by atoms with Gasteiger partial charge in [0.1, 0.15) is 0 Å². The summed E-state index contributed by atoms with van der Waals surface area (Å²) >= 11 is 0. The first-order valence-corrected chi connectivity index (χ1v) is 4.95. The molecular formula is C14H14. The first kappa shape index (κ1) is 9.01. The molecule has 0 amide bonds. The van der Waals surface area contributed by atoms with E-state index in [1.807, 2.05) is 6.07 Å². The van der Waals surface area contributed by atoms with E-state index < -0.39 is 0 Å². The molecule has 0 N–H and O–H groups in total. The van der Waals surface area contributed by atoms with Gasteiger partial charge in [-0.3, -0.25) is 0 Å². The third-order valence-electron chi connectivity index (χ3n) is 2.37. The van der Waals surface area contributed by atoms with Crippen LogP contribution < -0.4 is 0 Å². The smallest absolute Gasteiger partial charge is 0.00915 e. The zero-order valence-electron chi connectivity index (χ0n) is 8.40. The molecule has 0 radical (unpaired) electrons. The van der Waals surface area contributed by atoms with Crippen molar-refractivity contribution in [2.75, 3.05) is 0 Å². The van der Waals surface area contributed by atoms with Crippen LogP contribution in [0.2, 0.25) is 0 Å². The molecule has 2 rings (SSSR count). The minimum absolute atomic E-state index is 1.05. The van der Waals surface area contributed by atoms with Crippen LogP contribution in [0.15, 0.2) is 59.7 Å². The predicted molar refractivity (Wildman–Crippen MR) is 61.9 cm³/mol. The van der Waals surface area contributed by atoms with E-state index in [4.69, 9.17) is 0 Å². The van der Waals surface area contributed by atoms with Crippen molar-refractivity contribution < 1.29 is 0 Å². The van der Waals surface area contributed by atoms with Crippen molar-refractivity contribution in [3.8, 4) is 0 Å². The maximum Gasteiger partial charge on any atom is -0.00915 e. The van der Waals surface area contributed by atoms with Gasteiger partial charge in [0.05, 0.1) is 0 Å². The van der Waals surface area contributed by atoms with E-state index in [1.54, 1.807) is 0 Å². The van der Waals surface area contributed by atoms with Gasteiger partial charge < -0.3 is 0 Å². The molecule has 0 nitrogen and oxygen atoms in total. The summed E-state index contributed by atoms with van der Waals surface area (Å²) in [6.07, 6.45) is 9.91. The topological polar surface area (TPSA) is 0 Å². The molecule has 0 atom stereocenters. The van der Waals surface area contributed by atoms with Crippen LogP contribution in [0.5, 0.6) is 0 Å². The molecule has 0 aliphatic heterocycles. The van der Waals surface area contributed by atoms with Gasteiger partial charge in [-0.25, -0.2) is 0 Å². The Bertz CT molecular complexity index is 391. The second kappa shape index (κ2) is 4.10. The lowest BCUT2D eigenvalue weighted by molar-refractivity contribution is 1.23. The summed E-state index contributed by atoms with van der Waals surface area (Å²) in [4.78, 5) is 0. The zero-order valence-corrected chi connectivity index (χ0v) is 8.40. The Hall–Kier alpha value is -1.56. The van der Waals surface area contributed by atoms with Gasteiger partial charge in [-0.1, -0.05) is 60.2 Å². The molecule has 1 aromatic rings. The molecule has 0 spiro atoms. The lowest BCUT2D eigenvalue weighted by atomic mass is 10.0. The van der Waals surface area contributed by atoms with E-state index >= 15 is 0 Å². The van der Waals surface area contributed by atoms with Crippen LogP contribution in [0.3, 0.4) is 0 Å². The highest BCUT2D eigenvalue weighted by atomic mass is 14.0. The molecule has 70 valence electrons. The Morgan fingerprint density at radius 3 is 2.50 bits per heavy atom. The number of rotatable bonds is 1. The maximum atomic E-state index is 2.26. The molecule has 1 aromatic carbocycles. The van der Waals surface area contributed by atoms with Crippen molar-refractivity contribution in [1.82, 2.24) is 0 Å². The highest BCUT2D eigenvalue weighted by Gasteiger charge is 1.97. The van der Waals surface area contributed by atoms with Gasteiger partial charge in [0.2, 0.25) is 0 Å². The summed E-state index contributed by atoms with van der Waals surface area (Å²) in [5.74, 6) is 0. The third-order valence-corrected chi connectivity index (χ3v) is 2.37. The van der Waals surface area contributed by atoms with Gasteiger partial charge in [-0.15, -0.1) is 0 Å². The Balaban J connectivity index is 2.18. The monoisotopic (exact) mass is 182 g/mol. The number of allylic oxidation sites excluding steroid dienone is 5. The summed E-state index contributed by atoms with van der Waals surface area (Å²) in [7, 11) is 0. The fourth-order valence-corrected chi connectivity index (χ4v) is 1.52. The minimum Gasteiger partial charge on any atom is -0.0772 e. The molecule has 0 unspecified atom stereocenters. The molecule has 0 heteroatoms. The third kappa shape index (κ3) is 2.23. The first-order chi connectivity index (χ1) is 6.84. The minimum atomic E-state index is 1.05. The summed E-state index contributed by atoms with van der Waals surface area (Å²) in [5, 5.41) is 0. The van der Waals surface area contributed by atoms with Crippen LogP contribution >= 0.6 is 0 Å². The van der Waals surface area contributed by atoms with Gasteiger partial charge in [0.25, 0.3) is 0 Å². The second-order valence-corrected chi connectivity index (χ2v) is 3.62. The largest absolute Gasteiger partial charge is 0.0772 e. The van der Waals surface area contributed by atoms with Gasteiger partial charge in [0.15, 0.2) is 0 Å². The number of benzene rings is 1. The number of hydrogen-bond donors (Lipinski definition) is 0. The molecule has 1 aliphatic carbocycles. The van der Waals surface area contributed by atoms with E-state index in [0.717, 1.165) is 6.42 Å². The standard InChI is InChI=1S/C14H14/c1-12-7-9-14(10-8-12)11-13-5-3-2-4-6-13/h2-9,11H,10H2,1H3/b14-11-. The van der Waals surface area contributed by atoms with E-state index in [9.17, 15) is 0 Å². The normalized spacial score (nSPS) is 18.4. The fourth-order valence-electron chi connectivity index (χ4n) is 1.52. The van der Waals surface area contributed by atoms with E-state index in [0.29, 0.717) is 0 Å². The molecule has 0 saturated carbocycles. The van der Waals surface area contributed by atoms with Crippen LogP contribution in [-0.4, -0.2) is 0 Å². The average Bonchev–Trinajstić information content (AvgIpc) is 2.23. The molecule has 14 heavy (non-hydrogen) atoms. The highest BCUT2D eigenvalue weighted by Crippen LogP contribution is 2.17. The first-order valence-electron chi connectivity index (χ1n) is 4.95. The Kier molecular flexibility index (Phi) is 2.64.